The summed E-state index contributed by atoms with van der Waals surface area (Å²) in [4.78, 5) is 10.2. The molecule has 0 aliphatic heterocycles. The number of halogens is 1. The number of nitrogens with zero attached hydrogens (tertiary/aromatic N) is 1. The Hall–Kier alpha value is -1.69. The maximum Gasteiger partial charge on any atom is 0.275 e. The van der Waals surface area contributed by atoms with E-state index in [1.165, 1.54) is 6.07 Å². The predicted molar refractivity (Wildman–Crippen MR) is 71.6 cm³/mol. The van der Waals surface area contributed by atoms with Crippen LogP contribution in [0, 0.1) is 28.8 Å². The van der Waals surface area contributed by atoms with Gasteiger partial charge in [0, 0.05) is 11.6 Å². The summed E-state index contributed by atoms with van der Waals surface area (Å²) >= 11 is 0. The molecule has 0 saturated heterocycles. The third kappa shape index (κ3) is 2.84. The minimum atomic E-state index is -0.583. The SMILES string of the molecule is Cc1cc(NC2CCCC2CN)c(F)cc1[N+](=O)[O-]. The van der Waals surface area contributed by atoms with Gasteiger partial charge in [-0.15, -0.1) is 0 Å². The van der Waals surface area contributed by atoms with Crippen LogP contribution in [0.15, 0.2) is 12.1 Å². The van der Waals surface area contributed by atoms with Crippen LogP contribution in [0.5, 0.6) is 0 Å². The average Bonchev–Trinajstić information content (AvgIpc) is 2.80. The lowest BCUT2D eigenvalue weighted by molar-refractivity contribution is -0.385. The van der Waals surface area contributed by atoms with Crippen LogP contribution in [0.1, 0.15) is 24.8 Å². The fraction of sp³-hybridized carbons (Fsp3) is 0.538. The highest BCUT2D eigenvalue weighted by molar-refractivity contribution is 5.55. The summed E-state index contributed by atoms with van der Waals surface area (Å²) in [6, 6.07) is 2.63. The molecule has 2 atom stereocenters. The van der Waals surface area contributed by atoms with Crippen molar-refractivity contribution in [3.8, 4) is 0 Å². The van der Waals surface area contributed by atoms with E-state index in [9.17, 15) is 14.5 Å². The summed E-state index contributed by atoms with van der Waals surface area (Å²) in [5.74, 6) is -0.241. The monoisotopic (exact) mass is 267 g/mol. The Labute approximate surface area is 111 Å². The normalized spacial score (nSPS) is 22.5. The van der Waals surface area contributed by atoms with Gasteiger partial charge in [0.25, 0.3) is 5.69 Å². The molecular formula is C13H18FN3O2. The number of nitrogens with one attached hydrogen (secondary N) is 1. The van der Waals surface area contributed by atoms with Crippen molar-refractivity contribution in [1.29, 1.82) is 0 Å². The molecule has 3 N–H and O–H groups in total. The molecule has 1 fully saturated rings. The van der Waals surface area contributed by atoms with Crippen molar-refractivity contribution in [1.82, 2.24) is 0 Å². The number of benzene rings is 1. The molecule has 2 unspecified atom stereocenters. The lowest BCUT2D eigenvalue weighted by Gasteiger charge is -2.21. The van der Waals surface area contributed by atoms with Crippen LogP contribution in [0.2, 0.25) is 0 Å². The van der Waals surface area contributed by atoms with Gasteiger partial charge < -0.3 is 11.1 Å². The van der Waals surface area contributed by atoms with Gasteiger partial charge >= 0.3 is 0 Å². The van der Waals surface area contributed by atoms with Crippen LogP contribution in [0.4, 0.5) is 15.8 Å². The summed E-state index contributed by atoms with van der Waals surface area (Å²) in [5, 5.41) is 13.9. The van der Waals surface area contributed by atoms with E-state index in [0.717, 1.165) is 25.3 Å². The minimum absolute atomic E-state index is 0.153. The van der Waals surface area contributed by atoms with Gasteiger partial charge in [-0.05, 0) is 38.3 Å². The van der Waals surface area contributed by atoms with Crippen LogP contribution in [-0.2, 0) is 0 Å². The smallest absolute Gasteiger partial charge is 0.275 e. The first-order chi connectivity index (χ1) is 9.02. The molecule has 104 valence electrons. The van der Waals surface area contributed by atoms with Gasteiger partial charge in [-0.3, -0.25) is 10.1 Å². The van der Waals surface area contributed by atoms with Crippen molar-refractivity contribution in [2.24, 2.45) is 11.7 Å². The van der Waals surface area contributed by atoms with Gasteiger partial charge in [0.15, 0.2) is 5.82 Å². The minimum Gasteiger partial charge on any atom is -0.380 e. The quantitative estimate of drug-likeness (QED) is 0.649. The lowest BCUT2D eigenvalue weighted by atomic mass is 10.0. The molecule has 1 saturated carbocycles. The number of nitrogens with two attached hydrogens (primary N) is 1. The van der Waals surface area contributed by atoms with Crippen molar-refractivity contribution in [2.45, 2.75) is 32.2 Å². The molecular weight excluding hydrogens is 249 g/mol. The van der Waals surface area contributed by atoms with Crippen molar-refractivity contribution >= 4 is 11.4 Å². The molecule has 1 aromatic carbocycles. The zero-order valence-electron chi connectivity index (χ0n) is 10.9. The number of nitro benzene ring substituents is 1. The Morgan fingerprint density at radius 1 is 1.53 bits per heavy atom. The van der Waals surface area contributed by atoms with Gasteiger partial charge in [-0.2, -0.15) is 0 Å². The Kier molecular flexibility index (Phi) is 3.99. The number of hydrogen-bond donors (Lipinski definition) is 2. The highest BCUT2D eigenvalue weighted by Crippen LogP contribution is 2.31. The van der Waals surface area contributed by atoms with E-state index in [1.807, 2.05) is 0 Å². The van der Waals surface area contributed by atoms with Crippen molar-refractivity contribution in [3.05, 3.63) is 33.6 Å². The summed E-state index contributed by atoms with van der Waals surface area (Å²) in [7, 11) is 0. The van der Waals surface area contributed by atoms with Crippen molar-refractivity contribution in [2.75, 3.05) is 11.9 Å². The van der Waals surface area contributed by atoms with Crippen LogP contribution in [0.25, 0.3) is 0 Å². The molecule has 2 rings (SSSR count). The molecule has 19 heavy (non-hydrogen) atoms. The van der Waals surface area contributed by atoms with Gasteiger partial charge in [0.1, 0.15) is 0 Å². The number of hydrogen-bond acceptors (Lipinski definition) is 4. The largest absolute Gasteiger partial charge is 0.380 e. The molecule has 1 aliphatic carbocycles. The van der Waals surface area contributed by atoms with Crippen LogP contribution >= 0.6 is 0 Å². The second kappa shape index (κ2) is 5.52. The molecule has 1 aliphatic rings. The molecule has 0 aromatic heterocycles. The van der Waals surface area contributed by atoms with Gasteiger partial charge in [-0.25, -0.2) is 4.39 Å². The Balaban J connectivity index is 2.21. The third-order valence-corrected chi connectivity index (χ3v) is 3.79. The first-order valence-electron chi connectivity index (χ1n) is 6.44. The van der Waals surface area contributed by atoms with E-state index in [-0.39, 0.29) is 11.7 Å². The second-order valence-corrected chi connectivity index (χ2v) is 5.05. The second-order valence-electron chi connectivity index (χ2n) is 5.05. The van der Waals surface area contributed by atoms with Gasteiger partial charge in [-0.1, -0.05) is 6.42 Å². The van der Waals surface area contributed by atoms with Crippen LogP contribution in [-0.4, -0.2) is 17.5 Å². The fourth-order valence-corrected chi connectivity index (χ4v) is 2.69. The Morgan fingerprint density at radius 3 is 2.89 bits per heavy atom. The molecule has 6 heteroatoms. The maximum absolute atomic E-state index is 13.9. The van der Waals surface area contributed by atoms with E-state index in [4.69, 9.17) is 5.73 Å². The topological polar surface area (TPSA) is 81.2 Å². The van der Waals surface area contributed by atoms with Crippen molar-refractivity contribution in [3.63, 3.8) is 0 Å². The zero-order valence-corrected chi connectivity index (χ0v) is 10.9. The molecule has 0 bridgehead atoms. The van der Waals surface area contributed by atoms with Gasteiger partial charge in [0.2, 0.25) is 0 Å². The summed E-state index contributed by atoms with van der Waals surface area (Å²) in [6.07, 6.45) is 3.08. The summed E-state index contributed by atoms with van der Waals surface area (Å²) < 4.78 is 13.9. The predicted octanol–water partition coefficient (Wildman–Crippen LogP) is 2.58. The molecule has 0 heterocycles. The van der Waals surface area contributed by atoms with Gasteiger partial charge in [0.05, 0.1) is 16.7 Å². The first-order valence-corrected chi connectivity index (χ1v) is 6.44. The van der Waals surface area contributed by atoms with Crippen molar-refractivity contribution < 1.29 is 9.31 Å². The van der Waals surface area contributed by atoms with E-state index in [0.29, 0.717) is 23.7 Å². The Bertz CT molecular complexity index is 493. The molecule has 5 nitrogen and oxygen atoms in total. The summed E-state index contributed by atoms with van der Waals surface area (Å²) in [5.41, 5.74) is 6.28. The molecule has 0 radical (unpaired) electrons. The number of rotatable bonds is 4. The van der Waals surface area contributed by atoms with E-state index < -0.39 is 10.7 Å². The lowest BCUT2D eigenvalue weighted by Crippen LogP contribution is -2.29. The highest BCUT2D eigenvalue weighted by Gasteiger charge is 2.27. The van der Waals surface area contributed by atoms with Crippen LogP contribution < -0.4 is 11.1 Å². The number of nitro groups is 1. The van der Waals surface area contributed by atoms with E-state index in [2.05, 4.69) is 5.32 Å². The van der Waals surface area contributed by atoms with E-state index in [1.54, 1.807) is 6.92 Å². The third-order valence-electron chi connectivity index (χ3n) is 3.79. The average molecular weight is 267 g/mol. The highest BCUT2D eigenvalue weighted by atomic mass is 19.1. The first kappa shape index (κ1) is 13.7. The standard InChI is InChI=1S/C13H18FN3O2/c1-8-5-12(10(14)6-13(8)17(18)19)16-11-4-2-3-9(11)7-15/h5-6,9,11,16H,2-4,7,15H2,1H3. The summed E-state index contributed by atoms with van der Waals surface area (Å²) in [6.45, 7) is 2.18. The van der Waals surface area contributed by atoms with E-state index >= 15 is 0 Å². The number of aryl methyl sites for hydroxylation is 1. The fourth-order valence-electron chi connectivity index (χ4n) is 2.69. The Morgan fingerprint density at radius 2 is 2.26 bits per heavy atom. The molecule has 1 aromatic rings. The number of anilines is 1. The zero-order chi connectivity index (χ0) is 14.0. The van der Waals surface area contributed by atoms with Crippen LogP contribution in [0.3, 0.4) is 0 Å². The maximum atomic E-state index is 13.9. The molecule has 0 amide bonds. The molecule has 0 spiro atoms.